The van der Waals surface area contributed by atoms with Crippen molar-refractivity contribution in [2.75, 3.05) is 0 Å². The van der Waals surface area contributed by atoms with Crippen LogP contribution in [0, 0.1) is 17.7 Å². The van der Waals surface area contributed by atoms with Crippen LogP contribution in [-0.2, 0) is 0 Å². The number of nitrogens with zero attached hydrogens (tertiary/aromatic N) is 2. The lowest BCUT2D eigenvalue weighted by Gasteiger charge is -2.27. The van der Waals surface area contributed by atoms with Crippen molar-refractivity contribution < 1.29 is 9.50 Å². The van der Waals surface area contributed by atoms with Crippen LogP contribution in [-0.4, -0.2) is 16.5 Å². The predicted molar refractivity (Wildman–Crippen MR) is 89.1 cm³/mol. The maximum atomic E-state index is 13.4. The summed E-state index contributed by atoms with van der Waals surface area (Å²) >= 11 is 0. The van der Waals surface area contributed by atoms with Crippen LogP contribution in [0.15, 0.2) is 28.4 Å². The molecule has 3 nitrogen and oxygen atoms in total. The Morgan fingerprint density at radius 1 is 1.18 bits per heavy atom. The summed E-state index contributed by atoms with van der Waals surface area (Å²) in [5.41, 5.74) is 2.36. The van der Waals surface area contributed by atoms with Crippen LogP contribution in [0.4, 0.5) is 4.39 Å². The molecule has 1 N–H and O–H groups in total. The van der Waals surface area contributed by atoms with Crippen molar-refractivity contribution in [2.24, 2.45) is 22.0 Å². The van der Waals surface area contributed by atoms with Gasteiger partial charge >= 0.3 is 0 Å². The fraction of sp³-hybridized carbons (Fsp3) is 0.556. The van der Waals surface area contributed by atoms with Gasteiger partial charge in [-0.05, 0) is 69.6 Å². The lowest BCUT2D eigenvalue weighted by molar-refractivity contribution is 0.314. The smallest absolute Gasteiger partial charge is 0.165 e. The van der Waals surface area contributed by atoms with Gasteiger partial charge in [0.1, 0.15) is 0 Å². The van der Waals surface area contributed by atoms with Crippen LogP contribution in [0.1, 0.15) is 58.4 Å². The molecule has 1 aromatic carbocycles. The van der Waals surface area contributed by atoms with E-state index in [1.165, 1.54) is 44.2 Å². The maximum Gasteiger partial charge on any atom is 0.165 e. The highest BCUT2D eigenvalue weighted by atomic mass is 19.1. The molecule has 1 saturated carbocycles. The number of aromatic hydroxyl groups is 1. The van der Waals surface area contributed by atoms with E-state index in [2.05, 4.69) is 17.1 Å². The number of phenols is 1. The van der Waals surface area contributed by atoms with Gasteiger partial charge in [-0.25, -0.2) is 4.39 Å². The fourth-order valence-electron chi connectivity index (χ4n) is 3.01. The molecule has 0 saturated heterocycles. The molecule has 0 amide bonds. The molecule has 0 bridgehead atoms. The molecule has 0 radical (unpaired) electrons. The van der Waals surface area contributed by atoms with Crippen LogP contribution in [0.25, 0.3) is 0 Å². The highest BCUT2D eigenvalue weighted by molar-refractivity contribution is 5.99. The Hall–Kier alpha value is -1.71. The van der Waals surface area contributed by atoms with Gasteiger partial charge in [0.2, 0.25) is 0 Å². The summed E-state index contributed by atoms with van der Waals surface area (Å²) in [6.07, 6.45) is 6.21. The van der Waals surface area contributed by atoms with Crippen molar-refractivity contribution in [1.82, 2.24) is 0 Å². The van der Waals surface area contributed by atoms with E-state index in [4.69, 9.17) is 0 Å². The van der Waals surface area contributed by atoms with Gasteiger partial charge in [0.05, 0.1) is 5.71 Å². The number of hydrogen-bond acceptors (Lipinski definition) is 3. The molecular weight excluding hydrogens is 279 g/mol. The second kappa shape index (κ2) is 7.52. The minimum Gasteiger partial charge on any atom is -0.505 e. The van der Waals surface area contributed by atoms with Crippen LogP contribution in [0.3, 0.4) is 0 Å². The van der Waals surface area contributed by atoms with E-state index in [0.717, 1.165) is 11.6 Å². The summed E-state index contributed by atoms with van der Waals surface area (Å²) in [6.45, 7) is 6.10. The summed E-state index contributed by atoms with van der Waals surface area (Å²) in [7, 11) is 0. The van der Waals surface area contributed by atoms with E-state index in [-0.39, 0.29) is 5.75 Å². The second-order valence-electron chi connectivity index (χ2n) is 6.22. The monoisotopic (exact) mass is 304 g/mol. The standard InChI is InChI=1S/C18H25FN2O/c1-4-14-5-7-15(8-6-14)12(2)20-21-13(3)16-9-10-18(22)17(19)11-16/h9-11,14-15,22H,4-8H2,1-3H3/b20-12+,21-13+. The van der Waals surface area contributed by atoms with Crippen LogP contribution < -0.4 is 0 Å². The van der Waals surface area contributed by atoms with Crippen LogP contribution >= 0.6 is 0 Å². The Bertz CT molecular complexity index is 572. The maximum absolute atomic E-state index is 13.4. The first-order valence-electron chi connectivity index (χ1n) is 8.08. The van der Waals surface area contributed by atoms with E-state index in [9.17, 15) is 9.50 Å². The van der Waals surface area contributed by atoms with Gasteiger partial charge in [0.15, 0.2) is 11.6 Å². The molecule has 1 fully saturated rings. The van der Waals surface area contributed by atoms with Crippen molar-refractivity contribution in [3.05, 3.63) is 29.6 Å². The molecule has 1 aliphatic rings. The first kappa shape index (κ1) is 16.7. The van der Waals surface area contributed by atoms with Crippen LogP contribution in [0.5, 0.6) is 5.75 Å². The Balaban J connectivity index is 2.03. The molecule has 1 aliphatic carbocycles. The summed E-state index contributed by atoms with van der Waals surface area (Å²) in [4.78, 5) is 0. The minimum absolute atomic E-state index is 0.344. The topological polar surface area (TPSA) is 45.0 Å². The van der Waals surface area contributed by atoms with Gasteiger partial charge in [-0.1, -0.05) is 13.3 Å². The quantitative estimate of drug-likeness (QED) is 0.622. The molecule has 2 rings (SSSR count). The zero-order valence-electron chi connectivity index (χ0n) is 13.6. The van der Waals surface area contributed by atoms with E-state index in [0.29, 0.717) is 17.2 Å². The fourth-order valence-corrected chi connectivity index (χ4v) is 3.01. The Kier molecular flexibility index (Phi) is 5.69. The lowest BCUT2D eigenvalue weighted by atomic mass is 9.79. The highest BCUT2D eigenvalue weighted by Crippen LogP contribution is 2.31. The van der Waals surface area contributed by atoms with Gasteiger partial charge in [-0.2, -0.15) is 10.2 Å². The molecule has 120 valence electrons. The van der Waals surface area contributed by atoms with E-state index >= 15 is 0 Å². The zero-order chi connectivity index (χ0) is 16.1. The Labute approximate surface area is 132 Å². The van der Waals surface area contributed by atoms with Crippen LogP contribution in [0.2, 0.25) is 0 Å². The molecule has 0 aliphatic heterocycles. The van der Waals surface area contributed by atoms with Crippen molar-refractivity contribution in [1.29, 1.82) is 0 Å². The highest BCUT2D eigenvalue weighted by Gasteiger charge is 2.21. The van der Waals surface area contributed by atoms with Crippen molar-refractivity contribution in [3.63, 3.8) is 0 Å². The average Bonchev–Trinajstić information content (AvgIpc) is 2.54. The number of benzene rings is 1. The predicted octanol–water partition coefficient (Wildman–Crippen LogP) is 4.93. The number of halogens is 1. The van der Waals surface area contributed by atoms with Crippen molar-refractivity contribution in [3.8, 4) is 5.75 Å². The SMILES string of the molecule is CCC1CCC(/C(C)=N/N=C(\C)c2ccc(O)c(F)c2)CC1. The Morgan fingerprint density at radius 3 is 2.45 bits per heavy atom. The third kappa shape index (κ3) is 4.15. The molecule has 0 atom stereocenters. The minimum atomic E-state index is -0.634. The zero-order valence-corrected chi connectivity index (χ0v) is 13.6. The molecule has 4 heteroatoms. The van der Waals surface area contributed by atoms with E-state index < -0.39 is 5.82 Å². The summed E-state index contributed by atoms with van der Waals surface area (Å²) in [5.74, 6) is 0.416. The molecule has 22 heavy (non-hydrogen) atoms. The summed E-state index contributed by atoms with van der Waals surface area (Å²) < 4.78 is 13.4. The average molecular weight is 304 g/mol. The normalized spacial score (nSPS) is 23.6. The second-order valence-corrected chi connectivity index (χ2v) is 6.22. The van der Waals surface area contributed by atoms with Gasteiger partial charge in [-0.3, -0.25) is 0 Å². The van der Waals surface area contributed by atoms with E-state index in [1.807, 2.05) is 6.92 Å². The first-order valence-corrected chi connectivity index (χ1v) is 8.08. The molecule has 0 spiro atoms. The summed E-state index contributed by atoms with van der Waals surface area (Å²) in [5, 5.41) is 17.8. The van der Waals surface area contributed by atoms with Crippen molar-refractivity contribution in [2.45, 2.75) is 52.9 Å². The summed E-state index contributed by atoms with van der Waals surface area (Å²) in [6, 6.07) is 4.27. The number of phenolic OH excluding ortho intramolecular Hbond substituents is 1. The van der Waals surface area contributed by atoms with Gasteiger partial charge < -0.3 is 5.11 Å². The third-order valence-electron chi connectivity index (χ3n) is 4.74. The first-order chi connectivity index (χ1) is 10.5. The number of rotatable bonds is 4. The Morgan fingerprint density at radius 2 is 1.86 bits per heavy atom. The molecule has 0 aromatic heterocycles. The van der Waals surface area contributed by atoms with E-state index in [1.54, 1.807) is 13.0 Å². The molecule has 1 aromatic rings. The largest absolute Gasteiger partial charge is 0.505 e. The van der Waals surface area contributed by atoms with Gasteiger partial charge in [-0.15, -0.1) is 0 Å². The van der Waals surface area contributed by atoms with Gasteiger partial charge in [0.25, 0.3) is 0 Å². The lowest BCUT2D eigenvalue weighted by Crippen LogP contribution is -2.19. The van der Waals surface area contributed by atoms with Crippen molar-refractivity contribution >= 4 is 11.4 Å². The third-order valence-corrected chi connectivity index (χ3v) is 4.74. The molecule has 0 heterocycles. The molecule has 0 unspecified atom stereocenters. The van der Waals surface area contributed by atoms with Gasteiger partial charge in [0, 0.05) is 11.3 Å². The molecular formula is C18H25FN2O. The number of hydrogen-bond donors (Lipinski definition) is 1.